The topological polar surface area (TPSA) is 102 Å². The quantitative estimate of drug-likeness (QED) is 0.567. The summed E-state index contributed by atoms with van der Waals surface area (Å²) < 4.78 is 13.9. The molecule has 0 saturated heterocycles. The van der Waals surface area contributed by atoms with Crippen LogP contribution in [0.2, 0.25) is 0 Å². The number of benzene rings is 3. The first-order chi connectivity index (χ1) is 16.4. The van der Waals surface area contributed by atoms with Gasteiger partial charge >= 0.3 is 0 Å². The smallest absolute Gasteiger partial charge is 0.255 e. The number of halogens is 1. The van der Waals surface area contributed by atoms with Gasteiger partial charge in [-0.2, -0.15) is 5.26 Å². The normalized spacial score (nSPS) is 14.2. The molecule has 1 aliphatic heterocycles. The van der Waals surface area contributed by atoms with E-state index < -0.39 is 29.7 Å². The summed E-state index contributed by atoms with van der Waals surface area (Å²) in [7, 11) is 0. The molecule has 3 aromatic rings. The number of Topliss-reactive ketones (excluding diaryl/α,β-unsaturated/α-hetero) is 1. The molecule has 0 saturated carbocycles. The van der Waals surface area contributed by atoms with Crippen molar-refractivity contribution in [2.45, 2.75) is 38.1 Å². The minimum absolute atomic E-state index is 0.0340. The van der Waals surface area contributed by atoms with Crippen LogP contribution in [0.5, 0.6) is 0 Å². The molecule has 1 aliphatic rings. The fourth-order valence-corrected chi connectivity index (χ4v) is 4.13. The lowest BCUT2D eigenvalue weighted by atomic mass is 9.97. The Balaban J connectivity index is 1.34. The average molecular weight is 458 g/mol. The summed E-state index contributed by atoms with van der Waals surface area (Å²) in [6.07, 6.45) is -3.39. The van der Waals surface area contributed by atoms with Crippen molar-refractivity contribution in [1.29, 1.82) is 5.26 Å². The van der Waals surface area contributed by atoms with Gasteiger partial charge in [0.25, 0.3) is 5.91 Å². The summed E-state index contributed by atoms with van der Waals surface area (Å²) in [5.74, 6) is -1.89. The van der Waals surface area contributed by atoms with Crippen molar-refractivity contribution in [2.24, 2.45) is 0 Å². The molecule has 172 valence electrons. The van der Waals surface area contributed by atoms with E-state index in [1.54, 1.807) is 30.3 Å². The monoisotopic (exact) mass is 458 g/mol. The zero-order valence-corrected chi connectivity index (χ0v) is 18.3. The maximum atomic E-state index is 13.9. The standard InChI is InChI=1S/C27H23FN2O4/c28-23-7-3-6-21(22(23)14-29)18-11-8-17(9-12-18)10-13-24(31)25(32)26(33)27(34)30-15-19-4-1-2-5-20(19)16-30/h1-9,11-12,25-26,32-33H,10,13,15-16H2/t25-,26+/m0/s1. The van der Waals surface area contributed by atoms with Gasteiger partial charge in [0.2, 0.25) is 0 Å². The molecule has 0 aromatic heterocycles. The fraction of sp³-hybridized carbons (Fsp3) is 0.222. The molecule has 2 N–H and O–H groups in total. The largest absolute Gasteiger partial charge is 0.382 e. The van der Waals surface area contributed by atoms with E-state index in [1.807, 2.05) is 30.3 Å². The van der Waals surface area contributed by atoms with Gasteiger partial charge in [-0.05, 0) is 34.7 Å². The summed E-state index contributed by atoms with van der Waals surface area (Å²) >= 11 is 0. The number of nitriles is 1. The number of amides is 1. The van der Waals surface area contributed by atoms with Crippen LogP contribution in [0, 0.1) is 17.1 Å². The van der Waals surface area contributed by atoms with Gasteiger partial charge in [-0.15, -0.1) is 0 Å². The van der Waals surface area contributed by atoms with Gasteiger partial charge in [0, 0.05) is 25.1 Å². The van der Waals surface area contributed by atoms with Crippen LogP contribution in [0.3, 0.4) is 0 Å². The van der Waals surface area contributed by atoms with Crippen LogP contribution in [0.25, 0.3) is 11.1 Å². The van der Waals surface area contributed by atoms with Crippen LogP contribution < -0.4 is 0 Å². The van der Waals surface area contributed by atoms with E-state index in [1.165, 1.54) is 17.0 Å². The Hall–Kier alpha value is -3.86. The van der Waals surface area contributed by atoms with E-state index in [4.69, 9.17) is 0 Å². The number of carbonyl (C=O) groups excluding carboxylic acids is 2. The predicted molar refractivity (Wildman–Crippen MR) is 123 cm³/mol. The molecule has 0 aliphatic carbocycles. The molecule has 0 radical (unpaired) electrons. The number of hydrogen-bond donors (Lipinski definition) is 2. The maximum absolute atomic E-state index is 13.9. The molecule has 2 atom stereocenters. The zero-order chi connectivity index (χ0) is 24.2. The first-order valence-electron chi connectivity index (χ1n) is 10.9. The van der Waals surface area contributed by atoms with Gasteiger partial charge < -0.3 is 15.1 Å². The third-order valence-corrected chi connectivity index (χ3v) is 6.08. The van der Waals surface area contributed by atoms with Gasteiger partial charge in [0.15, 0.2) is 11.9 Å². The van der Waals surface area contributed by atoms with Crippen LogP contribution in [-0.2, 0) is 29.1 Å². The van der Waals surface area contributed by atoms with Gasteiger partial charge in [0.05, 0.1) is 5.56 Å². The number of nitrogens with zero attached hydrogens (tertiary/aromatic N) is 2. The summed E-state index contributed by atoms with van der Waals surface area (Å²) in [6, 6.07) is 20.8. The number of fused-ring (bicyclic) bond motifs is 1. The first kappa shape index (κ1) is 23.3. The molecule has 1 heterocycles. The second-order valence-electron chi connectivity index (χ2n) is 8.29. The number of aliphatic hydroxyl groups is 2. The highest BCUT2D eigenvalue weighted by atomic mass is 19.1. The molecule has 0 fully saturated rings. The summed E-state index contributed by atoms with van der Waals surface area (Å²) in [4.78, 5) is 26.5. The number of ketones is 1. The SMILES string of the molecule is N#Cc1c(F)cccc1-c1ccc(CCC(=O)[C@H](O)[C@@H](O)C(=O)N2Cc3ccccc3C2)cc1. The second-order valence-corrected chi connectivity index (χ2v) is 8.29. The van der Waals surface area contributed by atoms with Gasteiger partial charge in [-0.25, -0.2) is 4.39 Å². The Bertz CT molecular complexity index is 1240. The molecular formula is C27H23FN2O4. The van der Waals surface area contributed by atoms with E-state index in [-0.39, 0.29) is 12.0 Å². The Morgan fingerprint density at radius 2 is 1.59 bits per heavy atom. The summed E-state index contributed by atoms with van der Waals surface area (Å²) in [5.41, 5.74) is 3.85. The van der Waals surface area contributed by atoms with Crippen molar-refractivity contribution < 1.29 is 24.2 Å². The van der Waals surface area contributed by atoms with Gasteiger partial charge in [-0.1, -0.05) is 60.7 Å². The second kappa shape index (κ2) is 9.96. The molecule has 7 heteroatoms. The van der Waals surface area contributed by atoms with Crippen molar-refractivity contribution in [3.63, 3.8) is 0 Å². The van der Waals surface area contributed by atoms with E-state index in [9.17, 15) is 29.5 Å². The number of carbonyl (C=O) groups is 2. The lowest BCUT2D eigenvalue weighted by Gasteiger charge is -2.22. The Morgan fingerprint density at radius 3 is 2.21 bits per heavy atom. The average Bonchev–Trinajstić information content (AvgIpc) is 3.30. The van der Waals surface area contributed by atoms with E-state index in [2.05, 4.69) is 0 Å². The van der Waals surface area contributed by atoms with Crippen LogP contribution >= 0.6 is 0 Å². The van der Waals surface area contributed by atoms with Gasteiger partial charge in [0.1, 0.15) is 18.0 Å². The highest BCUT2D eigenvalue weighted by Gasteiger charge is 2.35. The molecule has 0 bridgehead atoms. The third kappa shape index (κ3) is 4.74. The minimum atomic E-state index is -1.82. The fourth-order valence-electron chi connectivity index (χ4n) is 4.13. The number of rotatable bonds is 7. The third-order valence-electron chi connectivity index (χ3n) is 6.08. The van der Waals surface area contributed by atoms with Crippen LogP contribution in [0.15, 0.2) is 66.7 Å². The van der Waals surface area contributed by atoms with Crippen molar-refractivity contribution >= 4 is 11.7 Å². The predicted octanol–water partition coefficient (Wildman–Crippen LogP) is 3.13. The number of aliphatic hydroxyl groups excluding tert-OH is 2. The highest BCUT2D eigenvalue weighted by Crippen LogP contribution is 2.26. The molecule has 4 rings (SSSR count). The zero-order valence-electron chi connectivity index (χ0n) is 18.3. The first-order valence-corrected chi connectivity index (χ1v) is 10.9. The van der Waals surface area contributed by atoms with Gasteiger partial charge in [-0.3, -0.25) is 9.59 Å². The van der Waals surface area contributed by atoms with Crippen molar-refractivity contribution in [3.8, 4) is 17.2 Å². The Morgan fingerprint density at radius 1 is 0.941 bits per heavy atom. The van der Waals surface area contributed by atoms with E-state index in [0.29, 0.717) is 30.6 Å². The molecule has 0 unspecified atom stereocenters. The molecular weight excluding hydrogens is 435 g/mol. The number of hydrogen-bond acceptors (Lipinski definition) is 5. The lowest BCUT2D eigenvalue weighted by Crippen LogP contribution is -2.46. The summed E-state index contributed by atoms with van der Waals surface area (Å²) in [6.45, 7) is 0.663. The maximum Gasteiger partial charge on any atom is 0.255 e. The highest BCUT2D eigenvalue weighted by molar-refractivity contribution is 5.92. The molecule has 0 spiro atoms. The van der Waals surface area contributed by atoms with Crippen molar-refractivity contribution in [1.82, 2.24) is 4.90 Å². The Labute approximate surface area is 196 Å². The number of aryl methyl sites for hydroxylation is 1. The molecule has 34 heavy (non-hydrogen) atoms. The molecule has 3 aromatic carbocycles. The molecule has 1 amide bonds. The Kier molecular flexibility index (Phi) is 6.82. The minimum Gasteiger partial charge on any atom is -0.382 e. The van der Waals surface area contributed by atoms with Crippen molar-refractivity contribution in [3.05, 3.63) is 94.8 Å². The summed E-state index contributed by atoms with van der Waals surface area (Å²) in [5, 5.41) is 29.8. The van der Waals surface area contributed by atoms with E-state index in [0.717, 1.165) is 16.7 Å². The van der Waals surface area contributed by atoms with Crippen LogP contribution in [-0.4, -0.2) is 39.0 Å². The van der Waals surface area contributed by atoms with Crippen LogP contribution in [0.4, 0.5) is 4.39 Å². The lowest BCUT2D eigenvalue weighted by molar-refractivity contribution is -0.152. The van der Waals surface area contributed by atoms with E-state index >= 15 is 0 Å². The van der Waals surface area contributed by atoms with Crippen LogP contribution in [0.1, 0.15) is 28.7 Å². The molecule has 6 nitrogen and oxygen atoms in total. The van der Waals surface area contributed by atoms with Crippen molar-refractivity contribution in [2.75, 3.05) is 0 Å².